The Bertz CT molecular complexity index is 489. The highest BCUT2D eigenvalue weighted by atomic mass is 19.1. The van der Waals surface area contributed by atoms with Gasteiger partial charge in [0.25, 0.3) is 0 Å². The molecule has 1 aromatic carbocycles. The molecule has 0 unspecified atom stereocenters. The second kappa shape index (κ2) is 6.69. The van der Waals surface area contributed by atoms with Crippen LogP contribution >= 0.6 is 0 Å². The minimum atomic E-state index is -0.740. The molecule has 0 fully saturated rings. The number of benzene rings is 1. The number of hydrogen-bond donors (Lipinski definition) is 0. The van der Waals surface area contributed by atoms with Crippen molar-refractivity contribution in [3.05, 3.63) is 53.8 Å². The zero-order valence-electron chi connectivity index (χ0n) is 10.4. The maximum absolute atomic E-state index is 13.2. The smallest absolute Gasteiger partial charge is 0.167 e. The average molecular weight is 251 g/mol. The van der Waals surface area contributed by atoms with Gasteiger partial charge in [-0.2, -0.15) is 0 Å². The molecule has 4 heteroatoms. The molecule has 0 aliphatic heterocycles. The first-order valence-corrected chi connectivity index (χ1v) is 5.42. The lowest BCUT2D eigenvalue weighted by molar-refractivity contribution is 0.330. The average Bonchev–Trinajstić information content (AvgIpc) is 2.27. The number of hydrogen-bond acceptors (Lipinski definition) is 2. The van der Waals surface area contributed by atoms with Crippen molar-refractivity contribution in [3.63, 3.8) is 0 Å². The van der Waals surface area contributed by atoms with Gasteiger partial charge in [-0.3, -0.25) is 4.99 Å². The highest BCUT2D eigenvalue weighted by molar-refractivity contribution is 5.72. The van der Waals surface area contributed by atoms with Gasteiger partial charge in [0, 0.05) is 12.3 Å². The summed E-state index contributed by atoms with van der Waals surface area (Å²) in [6.07, 6.45) is 3.42. The van der Waals surface area contributed by atoms with Crippen LogP contribution < -0.4 is 4.74 Å². The highest BCUT2D eigenvalue weighted by Crippen LogP contribution is 2.18. The Balaban J connectivity index is 2.52. The van der Waals surface area contributed by atoms with Gasteiger partial charge < -0.3 is 4.74 Å². The fourth-order valence-electron chi connectivity index (χ4n) is 1.08. The molecule has 1 aromatic rings. The standard InChI is InChI=1S/C14H15F2NO/c1-10(2)6-7-17-11(3)9-18-14-5-4-12(15)8-13(14)16/h4-8H,3,9H2,1-2H3. The van der Waals surface area contributed by atoms with E-state index in [9.17, 15) is 8.78 Å². The summed E-state index contributed by atoms with van der Waals surface area (Å²) in [4.78, 5) is 4.01. The minimum Gasteiger partial charge on any atom is -0.484 e. The van der Waals surface area contributed by atoms with Gasteiger partial charge in [-0.05, 0) is 32.1 Å². The van der Waals surface area contributed by atoms with Crippen LogP contribution in [0.4, 0.5) is 8.78 Å². The third-order valence-corrected chi connectivity index (χ3v) is 1.95. The van der Waals surface area contributed by atoms with Crippen molar-refractivity contribution in [2.45, 2.75) is 13.8 Å². The van der Waals surface area contributed by atoms with E-state index in [0.717, 1.165) is 17.7 Å². The number of halogens is 2. The van der Waals surface area contributed by atoms with Crippen molar-refractivity contribution in [3.8, 4) is 5.75 Å². The van der Waals surface area contributed by atoms with Crippen LogP contribution in [0.25, 0.3) is 0 Å². The maximum Gasteiger partial charge on any atom is 0.167 e. The molecule has 0 saturated carbocycles. The molecule has 1 rings (SSSR count). The molecule has 0 aliphatic rings. The first kappa shape index (κ1) is 14.1. The first-order valence-electron chi connectivity index (χ1n) is 5.42. The molecule has 18 heavy (non-hydrogen) atoms. The molecule has 96 valence electrons. The molecule has 0 spiro atoms. The Kier molecular flexibility index (Phi) is 5.24. The largest absolute Gasteiger partial charge is 0.484 e. The predicted molar refractivity (Wildman–Crippen MR) is 68.9 cm³/mol. The van der Waals surface area contributed by atoms with Gasteiger partial charge in [0.2, 0.25) is 0 Å². The van der Waals surface area contributed by atoms with E-state index >= 15 is 0 Å². The molecule has 0 radical (unpaired) electrons. The Labute approximate surface area is 105 Å². The topological polar surface area (TPSA) is 21.6 Å². The summed E-state index contributed by atoms with van der Waals surface area (Å²) in [5.74, 6) is -1.40. The molecular formula is C14H15F2NO. The van der Waals surface area contributed by atoms with Gasteiger partial charge in [0.15, 0.2) is 11.6 Å². The summed E-state index contributed by atoms with van der Waals surface area (Å²) >= 11 is 0. The van der Waals surface area contributed by atoms with Gasteiger partial charge in [0.1, 0.15) is 12.4 Å². The molecule has 0 aromatic heterocycles. The summed E-state index contributed by atoms with van der Waals surface area (Å²) < 4.78 is 31.0. The zero-order chi connectivity index (χ0) is 13.5. The number of ether oxygens (including phenoxy) is 1. The number of allylic oxidation sites excluding steroid dienone is 2. The molecular weight excluding hydrogens is 236 g/mol. The second-order valence-electron chi connectivity index (χ2n) is 3.95. The van der Waals surface area contributed by atoms with Gasteiger partial charge in [0.05, 0.1) is 5.70 Å². The summed E-state index contributed by atoms with van der Waals surface area (Å²) in [5, 5.41) is 0. The van der Waals surface area contributed by atoms with E-state index in [1.54, 1.807) is 6.21 Å². The van der Waals surface area contributed by atoms with Crippen LogP contribution in [0.2, 0.25) is 0 Å². The van der Waals surface area contributed by atoms with E-state index in [1.165, 1.54) is 6.07 Å². The number of nitrogens with zero attached hydrogens (tertiary/aromatic N) is 1. The Morgan fingerprint density at radius 3 is 2.72 bits per heavy atom. The molecule has 0 amide bonds. The fraction of sp³-hybridized carbons (Fsp3) is 0.214. The quantitative estimate of drug-likeness (QED) is 0.727. The van der Waals surface area contributed by atoms with Crippen molar-refractivity contribution in [1.29, 1.82) is 0 Å². The van der Waals surface area contributed by atoms with Crippen LogP contribution in [0.15, 0.2) is 47.1 Å². The maximum atomic E-state index is 13.2. The van der Waals surface area contributed by atoms with Crippen LogP contribution in [0.1, 0.15) is 13.8 Å². The van der Waals surface area contributed by atoms with E-state index in [4.69, 9.17) is 4.74 Å². The van der Waals surface area contributed by atoms with E-state index in [-0.39, 0.29) is 12.4 Å². The van der Waals surface area contributed by atoms with Crippen LogP contribution in [0.3, 0.4) is 0 Å². The molecule has 0 N–H and O–H groups in total. The lowest BCUT2D eigenvalue weighted by atomic mass is 10.3. The number of aliphatic imine (C=N–C) groups is 1. The van der Waals surface area contributed by atoms with Crippen LogP contribution in [0, 0.1) is 11.6 Å². The normalized spacial score (nSPS) is 10.4. The summed E-state index contributed by atoms with van der Waals surface area (Å²) in [5.41, 5.74) is 1.56. The second-order valence-corrected chi connectivity index (χ2v) is 3.95. The van der Waals surface area contributed by atoms with Gasteiger partial charge in [-0.15, -0.1) is 0 Å². The van der Waals surface area contributed by atoms with Gasteiger partial charge in [-0.25, -0.2) is 8.78 Å². The molecule has 0 atom stereocenters. The highest BCUT2D eigenvalue weighted by Gasteiger charge is 2.04. The lowest BCUT2D eigenvalue weighted by Crippen LogP contribution is -2.00. The molecule has 0 heterocycles. The molecule has 0 saturated heterocycles. The third kappa shape index (κ3) is 4.91. The van der Waals surface area contributed by atoms with Crippen molar-refractivity contribution < 1.29 is 13.5 Å². The van der Waals surface area contributed by atoms with E-state index in [2.05, 4.69) is 11.6 Å². The zero-order valence-corrected chi connectivity index (χ0v) is 10.4. The van der Waals surface area contributed by atoms with Crippen molar-refractivity contribution in [2.75, 3.05) is 6.61 Å². The minimum absolute atomic E-state index is 0.0186. The SMILES string of the molecule is C=C(COc1ccc(F)cc1F)N=CC=C(C)C. The van der Waals surface area contributed by atoms with Crippen LogP contribution in [-0.4, -0.2) is 12.8 Å². The molecule has 0 bridgehead atoms. The summed E-state index contributed by atoms with van der Waals surface area (Å²) in [6, 6.07) is 3.13. The summed E-state index contributed by atoms with van der Waals surface area (Å²) in [6.45, 7) is 7.60. The summed E-state index contributed by atoms with van der Waals surface area (Å²) in [7, 11) is 0. The fourth-order valence-corrected chi connectivity index (χ4v) is 1.08. The predicted octanol–water partition coefficient (Wildman–Crippen LogP) is 3.89. The Morgan fingerprint density at radius 2 is 2.11 bits per heavy atom. The van der Waals surface area contributed by atoms with E-state index in [0.29, 0.717) is 5.70 Å². The number of rotatable bonds is 5. The first-order chi connectivity index (χ1) is 8.49. The molecule has 2 nitrogen and oxygen atoms in total. The van der Waals surface area contributed by atoms with Crippen molar-refractivity contribution in [1.82, 2.24) is 0 Å². The molecule has 0 aliphatic carbocycles. The van der Waals surface area contributed by atoms with Crippen molar-refractivity contribution in [2.24, 2.45) is 4.99 Å². The van der Waals surface area contributed by atoms with Crippen LogP contribution in [-0.2, 0) is 0 Å². The van der Waals surface area contributed by atoms with E-state index in [1.807, 2.05) is 19.9 Å². The third-order valence-electron chi connectivity index (χ3n) is 1.95. The van der Waals surface area contributed by atoms with E-state index < -0.39 is 11.6 Å². The van der Waals surface area contributed by atoms with Gasteiger partial charge >= 0.3 is 0 Å². The van der Waals surface area contributed by atoms with Gasteiger partial charge in [-0.1, -0.05) is 12.2 Å². The Morgan fingerprint density at radius 1 is 1.39 bits per heavy atom. The Hall–Kier alpha value is -1.97. The van der Waals surface area contributed by atoms with Crippen LogP contribution in [0.5, 0.6) is 5.75 Å². The monoisotopic (exact) mass is 251 g/mol. The van der Waals surface area contributed by atoms with Crippen molar-refractivity contribution >= 4 is 6.21 Å². The lowest BCUT2D eigenvalue weighted by Gasteiger charge is -2.06.